The number of hydrogen-bond acceptors (Lipinski definition) is 6. The largest absolute Gasteiger partial charge is 0.360 e. The van der Waals surface area contributed by atoms with Crippen molar-refractivity contribution in [3.05, 3.63) is 57.9 Å². The van der Waals surface area contributed by atoms with Gasteiger partial charge in [-0.1, -0.05) is 6.07 Å². The molecule has 0 aliphatic carbocycles. The van der Waals surface area contributed by atoms with Crippen LogP contribution in [0.25, 0.3) is 0 Å². The van der Waals surface area contributed by atoms with E-state index < -0.39 is 0 Å². The van der Waals surface area contributed by atoms with Crippen LogP contribution in [-0.4, -0.2) is 25.7 Å². The number of pyridine rings is 1. The van der Waals surface area contributed by atoms with E-state index in [0.717, 1.165) is 22.8 Å². The van der Waals surface area contributed by atoms with Crippen molar-refractivity contribution in [1.82, 2.24) is 25.1 Å². The molecule has 0 saturated heterocycles. The first-order chi connectivity index (χ1) is 12.9. The zero-order valence-electron chi connectivity index (χ0n) is 15.6. The van der Waals surface area contributed by atoms with Gasteiger partial charge in [-0.2, -0.15) is 5.10 Å². The van der Waals surface area contributed by atoms with Gasteiger partial charge in [-0.25, -0.2) is 9.67 Å². The van der Waals surface area contributed by atoms with Crippen LogP contribution >= 0.6 is 11.3 Å². The lowest BCUT2D eigenvalue weighted by Crippen LogP contribution is -2.38. The molecule has 1 atom stereocenters. The predicted octanol–water partition coefficient (Wildman–Crippen LogP) is 3.27. The third kappa shape index (κ3) is 3.44. The number of thiazole rings is 1. The topological polar surface area (TPSA) is 84.7 Å². The van der Waals surface area contributed by atoms with Gasteiger partial charge in [0.2, 0.25) is 0 Å². The van der Waals surface area contributed by atoms with E-state index in [1.54, 1.807) is 29.9 Å². The second-order valence-corrected chi connectivity index (χ2v) is 8.65. The Kier molecular flexibility index (Phi) is 4.43. The maximum absolute atomic E-state index is 12.8. The molecule has 0 radical (unpaired) electrons. The molecule has 7 nitrogen and oxygen atoms in total. The lowest BCUT2D eigenvalue weighted by Gasteiger charge is -2.37. The lowest BCUT2D eigenvalue weighted by molar-refractivity contribution is 0.0951. The van der Waals surface area contributed by atoms with Crippen molar-refractivity contribution < 1.29 is 4.79 Å². The van der Waals surface area contributed by atoms with E-state index in [-0.39, 0.29) is 17.5 Å². The summed E-state index contributed by atoms with van der Waals surface area (Å²) in [4.78, 5) is 22.6. The van der Waals surface area contributed by atoms with E-state index in [1.165, 1.54) is 4.88 Å². The van der Waals surface area contributed by atoms with Crippen LogP contribution in [-0.2, 0) is 12.1 Å². The minimum absolute atomic E-state index is 0.0628. The first-order valence-electron chi connectivity index (χ1n) is 8.88. The highest BCUT2D eigenvalue weighted by Crippen LogP contribution is 2.40. The number of rotatable bonds is 4. The molecule has 1 amide bonds. The highest BCUT2D eigenvalue weighted by Gasteiger charge is 2.37. The van der Waals surface area contributed by atoms with E-state index >= 15 is 0 Å². The van der Waals surface area contributed by atoms with Crippen molar-refractivity contribution >= 4 is 23.1 Å². The molecule has 0 bridgehead atoms. The summed E-state index contributed by atoms with van der Waals surface area (Å²) in [6.07, 6.45) is 7.84. The number of hydrogen-bond donors (Lipinski definition) is 2. The second-order valence-electron chi connectivity index (χ2n) is 7.39. The maximum Gasteiger partial charge on any atom is 0.256 e. The average Bonchev–Trinajstić information content (AvgIpc) is 3.27. The van der Waals surface area contributed by atoms with E-state index in [1.807, 2.05) is 23.0 Å². The number of fused-ring (bicyclic) bond motifs is 1. The molecule has 0 aromatic carbocycles. The Bertz CT molecular complexity index is 962. The van der Waals surface area contributed by atoms with Crippen LogP contribution in [0.5, 0.6) is 0 Å². The Balaban J connectivity index is 1.58. The predicted molar refractivity (Wildman–Crippen MR) is 105 cm³/mol. The highest BCUT2D eigenvalue weighted by molar-refractivity contribution is 7.11. The third-order valence-electron chi connectivity index (χ3n) is 4.71. The fourth-order valence-electron chi connectivity index (χ4n) is 3.38. The molecular weight excluding hydrogens is 360 g/mol. The maximum atomic E-state index is 12.8. The summed E-state index contributed by atoms with van der Waals surface area (Å²) >= 11 is 1.68. The van der Waals surface area contributed by atoms with Crippen molar-refractivity contribution in [3.8, 4) is 0 Å². The van der Waals surface area contributed by atoms with E-state index in [9.17, 15) is 4.79 Å². The SMILES string of the molecule is Cc1cnc(C2CC(C)(C)n3ncc(C(=O)NCc4cccnc4)c3N2)s1. The van der Waals surface area contributed by atoms with E-state index in [4.69, 9.17) is 0 Å². The van der Waals surface area contributed by atoms with Gasteiger partial charge in [0.15, 0.2) is 0 Å². The van der Waals surface area contributed by atoms with Crippen LogP contribution in [0.4, 0.5) is 5.82 Å². The zero-order chi connectivity index (χ0) is 19.0. The van der Waals surface area contributed by atoms with Crippen LogP contribution < -0.4 is 10.6 Å². The average molecular weight is 382 g/mol. The lowest BCUT2D eigenvalue weighted by atomic mass is 9.93. The summed E-state index contributed by atoms with van der Waals surface area (Å²) in [7, 11) is 0. The summed E-state index contributed by atoms with van der Waals surface area (Å²) in [5, 5.41) is 12.0. The van der Waals surface area contributed by atoms with Crippen LogP contribution in [0.2, 0.25) is 0 Å². The molecule has 1 unspecified atom stereocenters. The van der Waals surface area contributed by atoms with Gasteiger partial charge in [-0.15, -0.1) is 11.3 Å². The molecule has 27 heavy (non-hydrogen) atoms. The number of aryl methyl sites for hydroxylation is 1. The van der Waals surface area contributed by atoms with Gasteiger partial charge in [0.05, 0.1) is 17.8 Å². The normalized spacial score (nSPS) is 17.8. The molecule has 8 heteroatoms. The van der Waals surface area contributed by atoms with Crippen molar-refractivity contribution in [3.63, 3.8) is 0 Å². The standard InChI is InChI=1S/C19H22N6OS/c1-12-8-22-18(27-12)15-7-19(2,3)25-16(24-15)14(11-23-25)17(26)21-10-13-5-4-6-20-9-13/h4-6,8-9,11,15,24H,7,10H2,1-3H3,(H,21,26). The number of nitrogens with zero attached hydrogens (tertiary/aromatic N) is 4. The molecule has 0 saturated carbocycles. The van der Waals surface area contributed by atoms with Gasteiger partial charge in [0.1, 0.15) is 16.4 Å². The molecule has 4 heterocycles. The van der Waals surface area contributed by atoms with Crippen LogP contribution in [0.15, 0.2) is 36.9 Å². The molecule has 1 aliphatic heterocycles. The molecule has 2 N–H and O–H groups in total. The fraction of sp³-hybridized carbons (Fsp3) is 0.368. The van der Waals surface area contributed by atoms with Crippen molar-refractivity contribution in [2.45, 2.75) is 45.3 Å². The number of carbonyl (C=O) groups is 1. The van der Waals surface area contributed by atoms with Gasteiger partial charge >= 0.3 is 0 Å². The smallest absolute Gasteiger partial charge is 0.256 e. The van der Waals surface area contributed by atoms with Crippen LogP contribution in [0.3, 0.4) is 0 Å². The van der Waals surface area contributed by atoms with Crippen molar-refractivity contribution in [1.29, 1.82) is 0 Å². The summed E-state index contributed by atoms with van der Waals surface area (Å²) in [5.74, 6) is 0.590. The van der Waals surface area contributed by atoms with Gasteiger partial charge in [-0.05, 0) is 38.8 Å². The number of aromatic nitrogens is 4. The number of carbonyl (C=O) groups excluding carboxylic acids is 1. The molecule has 4 rings (SSSR count). The van der Waals surface area contributed by atoms with Crippen molar-refractivity contribution in [2.24, 2.45) is 0 Å². The fourth-order valence-corrected chi connectivity index (χ4v) is 4.20. The Hall–Kier alpha value is -2.74. The summed E-state index contributed by atoms with van der Waals surface area (Å²) in [6.45, 7) is 6.75. The Morgan fingerprint density at radius 3 is 2.96 bits per heavy atom. The minimum Gasteiger partial charge on any atom is -0.360 e. The molecule has 1 aliphatic rings. The number of amides is 1. The molecular formula is C19H22N6OS. The number of anilines is 1. The van der Waals surface area contributed by atoms with Gasteiger partial charge < -0.3 is 10.6 Å². The van der Waals surface area contributed by atoms with Crippen LogP contribution in [0, 0.1) is 6.92 Å². The highest BCUT2D eigenvalue weighted by atomic mass is 32.1. The summed E-state index contributed by atoms with van der Waals surface area (Å²) < 4.78 is 1.91. The summed E-state index contributed by atoms with van der Waals surface area (Å²) in [5.41, 5.74) is 1.29. The number of nitrogens with one attached hydrogen (secondary N) is 2. The van der Waals surface area contributed by atoms with Crippen molar-refractivity contribution in [2.75, 3.05) is 5.32 Å². The molecule has 0 spiro atoms. The monoisotopic (exact) mass is 382 g/mol. The van der Waals surface area contributed by atoms with Crippen LogP contribution in [0.1, 0.15) is 52.1 Å². The first-order valence-corrected chi connectivity index (χ1v) is 9.70. The zero-order valence-corrected chi connectivity index (χ0v) is 16.4. The van der Waals surface area contributed by atoms with Gasteiger partial charge in [0.25, 0.3) is 5.91 Å². The van der Waals surface area contributed by atoms with Gasteiger partial charge in [0, 0.05) is 30.0 Å². The molecule has 3 aromatic rings. The second kappa shape index (κ2) is 6.77. The molecule has 3 aromatic heterocycles. The molecule has 140 valence electrons. The van der Waals surface area contributed by atoms with E-state index in [0.29, 0.717) is 12.1 Å². The Morgan fingerprint density at radius 1 is 1.41 bits per heavy atom. The first kappa shape index (κ1) is 17.7. The Morgan fingerprint density at radius 2 is 2.26 bits per heavy atom. The van der Waals surface area contributed by atoms with E-state index in [2.05, 4.69) is 46.5 Å². The quantitative estimate of drug-likeness (QED) is 0.723. The Labute approximate surface area is 161 Å². The van der Waals surface area contributed by atoms with Gasteiger partial charge in [-0.3, -0.25) is 9.78 Å². The summed E-state index contributed by atoms with van der Waals surface area (Å²) in [6, 6.07) is 3.85. The molecule has 0 fully saturated rings. The minimum atomic E-state index is -0.216. The third-order valence-corrected chi connectivity index (χ3v) is 5.74.